The van der Waals surface area contributed by atoms with Crippen molar-refractivity contribution in [1.29, 1.82) is 0 Å². The van der Waals surface area contributed by atoms with Crippen molar-refractivity contribution in [2.24, 2.45) is 16.3 Å². The van der Waals surface area contributed by atoms with Crippen LogP contribution in [0, 0.1) is 11.3 Å². The van der Waals surface area contributed by atoms with Crippen LogP contribution in [-0.4, -0.2) is 45.4 Å². The second-order valence-electron chi connectivity index (χ2n) is 8.77. The molecule has 0 radical (unpaired) electrons. The minimum Gasteiger partial charge on any atom is -0.493 e. The van der Waals surface area contributed by atoms with Crippen LogP contribution in [-0.2, 0) is 4.74 Å². The Morgan fingerprint density at radius 1 is 1.11 bits per heavy atom. The summed E-state index contributed by atoms with van der Waals surface area (Å²) in [5.41, 5.74) is 1.45. The molecule has 3 rings (SSSR count). The molecule has 0 amide bonds. The molecule has 3 atom stereocenters. The van der Waals surface area contributed by atoms with Crippen LogP contribution in [0.2, 0.25) is 0 Å². The van der Waals surface area contributed by atoms with Gasteiger partial charge in [-0.2, -0.15) is 0 Å². The second kappa shape index (κ2) is 10.7. The number of benzene rings is 1. The summed E-state index contributed by atoms with van der Waals surface area (Å²) in [5, 5.41) is 7.05. The van der Waals surface area contributed by atoms with Crippen molar-refractivity contribution in [3.8, 4) is 5.75 Å². The summed E-state index contributed by atoms with van der Waals surface area (Å²) in [6, 6.07) is 8.35. The first-order valence-corrected chi connectivity index (χ1v) is 10.3. The number of nitrogens with zero attached hydrogens (tertiary/aromatic N) is 1. The summed E-state index contributed by atoms with van der Waals surface area (Å²) in [7, 11) is 1.84. The fourth-order valence-electron chi connectivity index (χ4n) is 4.31. The highest BCUT2D eigenvalue weighted by atomic mass is 127. The SMILES string of the molecule is CN=C(NCC1CCOc2ccccc21)NCC1CCCOC1C(C)(C)C.I. The summed E-state index contributed by atoms with van der Waals surface area (Å²) in [4.78, 5) is 4.42. The third-order valence-electron chi connectivity index (χ3n) is 5.65. The number of ether oxygens (including phenoxy) is 2. The Labute approximate surface area is 187 Å². The lowest BCUT2D eigenvalue weighted by Gasteiger charge is -2.40. The molecule has 2 aliphatic heterocycles. The molecular weight excluding hydrogens is 465 g/mol. The van der Waals surface area contributed by atoms with E-state index in [0.29, 0.717) is 17.9 Å². The standard InChI is InChI=1S/C22H35N3O2.HI/c1-22(2,3)20-17(8-7-12-27-20)15-25-21(23-4)24-14-16-11-13-26-19-10-6-5-9-18(16)19;/h5-6,9-10,16-17,20H,7-8,11-15H2,1-4H3,(H2,23,24,25);1H. The van der Waals surface area contributed by atoms with E-state index in [1.54, 1.807) is 0 Å². The zero-order valence-corrected chi connectivity index (χ0v) is 20.0. The van der Waals surface area contributed by atoms with Crippen molar-refractivity contribution in [1.82, 2.24) is 10.6 Å². The molecule has 0 saturated carbocycles. The van der Waals surface area contributed by atoms with E-state index in [1.165, 1.54) is 12.0 Å². The van der Waals surface area contributed by atoms with Crippen molar-refractivity contribution in [3.05, 3.63) is 29.8 Å². The third kappa shape index (κ3) is 5.99. The van der Waals surface area contributed by atoms with Crippen molar-refractivity contribution < 1.29 is 9.47 Å². The van der Waals surface area contributed by atoms with Crippen molar-refractivity contribution in [3.63, 3.8) is 0 Å². The highest BCUT2D eigenvalue weighted by Crippen LogP contribution is 2.34. The predicted octanol–water partition coefficient (Wildman–Crippen LogP) is 4.18. The van der Waals surface area contributed by atoms with Crippen LogP contribution in [0.5, 0.6) is 5.75 Å². The van der Waals surface area contributed by atoms with E-state index >= 15 is 0 Å². The van der Waals surface area contributed by atoms with E-state index < -0.39 is 0 Å². The van der Waals surface area contributed by atoms with Gasteiger partial charge in [-0.15, -0.1) is 24.0 Å². The van der Waals surface area contributed by atoms with Gasteiger partial charge in [-0.05, 0) is 36.3 Å². The van der Waals surface area contributed by atoms with E-state index in [0.717, 1.165) is 50.9 Å². The zero-order chi connectivity index (χ0) is 19.3. The molecule has 1 saturated heterocycles. The summed E-state index contributed by atoms with van der Waals surface area (Å²) in [6.45, 7) is 10.2. The maximum Gasteiger partial charge on any atom is 0.191 e. The van der Waals surface area contributed by atoms with Gasteiger partial charge in [-0.25, -0.2) is 0 Å². The maximum atomic E-state index is 6.10. The first-order valence-electron chi connectivity index (χ1n) is 10.3. The molecule has 28 heavy (non-hydrogen) atoms. The zero-order valence-electron chi connectivity index (χ0n) is 17.7. The number of rotatable bonds is 4. The van der Waals surface area contributed by atoms with E-state index in [-0.39, 0.29) is 29.4 Å². The van der Waals surface area contributed by atoms with Gasteiger partial charge in [-0.3, -0.25) is 4.99 Å². The molecule has 3 unspecified atom stereocenters. The topological polar surface area (TPSA) is 54.9 Å². The number of nitrogens with one attached hydrogen (secondary N) is 2. The molecule has 6 heteroatoms. The van der Waals surface area contributed by atoms with Crippen molar-refractivity contribution >= 4 is 29.9 Å². The summed E-state index contributed by atoms with van der Waals surface area (Å²) < 4.78 is 11.9. The molecule has 2 N–H and O–H groups in total. The van der Waals surface area contributed by atoms with Crippen LogP contribution >= 0.6 is 24.0 Å². The van der Waals surface area contributed by atoms with E-state index in [2.05, 4.69) is 54.6 Å². The van der Waals surface area contributed by atoms with Crippen LogP contribution in [0.4, 0.5) is 0 Å². The Hall–Kier alpha value is -1.02. The molecule has 0 bridgehead atoms. The van der Waals surface area contributed by atoms with Crippen molar-refractivity contribution in [2.75, 3.05) is 33.4 Å². The van der Waals surface area contributed by atoms with Gasteiger partial charge < -0.3 is 20.1 Å². The van der Waals surface area contributed by atoms with E-state index in [9.17, 15) is 0 Å². The number of hydrogen-bond donors (Lipinski definition) is 2. The summed E-state index contributed by atoms with van der Waals surface area (Å²) >= 11 is 0. The van der Waals surface area contributed by atoms with Crippen LogP contribution in [0.15, 0.2) is 29.3 Å². The highest BCUT2D eigenvalue weighted by molar-refractivity contribution is 14.0. The Balaban J connectivity index is 0.00000280. The highest BCUT2D eigenvalue weighted by Gasteiger charge is 2.35. The molecule has 158 valence electrons. The van der Waals surface area contributed by atoms with Gasteiger partial charge in [0.1, 0.15) is 5.75 Å². The Kier molecular flexibility index (Phi) is 8.86. The van der Waals surface area contributed by atoms with E-state index in [4.69, 9.17) is 9.47 Å². The van der Waals surface area contributed by atoms with Gasteiger partial charge in [0.25, 0.3) is 0 Å². The number of fused-ring (bicyclic) bond motifs is 1. The molecule has 0 aromatic heterocycles. The van der Waals surface area contributed by atoms with Crippen molar-refractivity contribution in [2.45, 2.75) is 52.1 Å². The molecule has 1 aromatic rings. The van der Waals surface area contributed by atoms with Crippen LogP contribution < -0.4 is 15.4 Å². The van der Waals surface area contributed by atoms with Crippen LogP contribution in [0.3, 0.4) is 0 Å². The predicted molar refractivity (Wildman–Crippen MR) is 126 cm³/mol. The molecule has 5 nitrogen and oxygen atoms in total. The number of guanidine groups is 1. The lowest BCUT2D eigenvalue weighted by molar-refractivity contribution is -0.0835. The molecule has 2 heterocycles. The smallest absolute Gasteiger partial charge is 0.191 e. The number of halogens is 1. The number of aliphatic imine (C=N–C) groups is 1. The van der Waals surface area contributed by atoms with Gasteiger partial charge >= 0.3 is 0 Å². The number of hydrogen-bond acceptors (Lipinski definition) is 3. The third-order valence-corrected chi connectivity index (χ3v) is 5.65. The normalized spacial score (nSPS) is 25.1. The fraction of sp³-hybridized carbons (Fsp3) is 0.682. The first-order chi connectivity index (χ1) is 13.0. The van der Waals surface area contributed by atoms with Crippen LogP contribution in [0.25, 0.3) is 0 Å². The summed E-state index contributed by atoms with van der Waals surface area (Å²) in [6.07, 6.45) is 3.67. The average Bonchev–Trinajstić information content (AvgIpc) is 2.67. The quantitative estimate of drug-likeness (QED) is 0.370. The molecule has 1 aromatic carbocycles. The fourth-order valence-corrected chi connectivity index (χ4v) is 4.31. The Morgan fingerprint density at radius 2 is 1.86 bits per heavy atom. The minimum absolute atomic E-state index is 0. The Morgan fingerprint density at radius 3 is 2.61 bits per heavy atom. The minimum atomic E-state index is 0. The summed E-state index contributed by atoms with van der Waals surface area (Å²) in [5.74, 6) is 2.86. The van der Waals surface area contributed by atoms with Gasteiger partial charge in [0.05, 0.1) is 12.7 Å². The maximum absolute atomic E-state index is 6.10. The monoisotopic (exact) mass is 501 g/mol. The molecule has 2 aliphatic rings. The molecule has 1 fully saturated rings. The van der Waals surface area contributed by atoms with E-state index in [1.807, 2.05) is 13.1 Å². The van der Waals surface area contributed by atoms with Gasteiger partial charge in [0.15, 0.2) is 5.96 Å². The average molecular weight is 501 g/mol. The molecular formula is C22H36IN3O2. The second-order valence-corrected chi connectivity index (χ2v) is 8.77. The largest absolute Gasteiger partial charge is 0.493 e. The van der Waals surface area contributed by atoms with Gasteiger partial charge in [0, 0.05) is 38.6 Å². The molecule has 0 aliphatic carbocycles. The first kappa shape index (κ1) is 23.3. The number of para-hydroxylation sites is 1. The lowest BCUT2D eigenvalue weighted by Crippen LogP contribution is -2.48. The Bertz CT molecular complexity index is 645. The van der Waals surface area contributed by atoms with Gasteiger partial charge in [0.2, 0.25) is 0 Å². The van der Waals surface area contributed by atoms with Gasteiger partial charge in [-0.1, -0.05) is 39.0 Å². The lowest BCUT2D eigenvalue weighted by atomic mass is 9.78. The van der Waals surface area contributed by atoms with Crippen LogP contribution in [0.1, 0.15) is 51.5 Å². The molecule has 0 spiro atoms.